The van der Waals surface area contributed by atoms with E-state index in [-0.39, 0.29) is 18.9 Å². The molecule has 4 rings (SSSR count). The summed E-state index contributed by atoms with van der Waals surface area (Å²) >= 11 is 10.4. The van der Waals surface area contributed by atoms with Gasteiger partial charge in [-0.2, -0.15) is 0 Å². The molecular weight excluding hydrogens is 542 g/mol. The Bertz CT molecular complexity index is 1300. The fraction of sp³-hybridized carbons (Fsp3) is 0.167. The monoisotopic (exact) mass is 559 g/mol. The van der Waals surface area contributed by atoms with Crippen LogP contribution >= 0.6 is 38.9 Å². The molecule has 0 radical (unpaired) electrons. The zero-order chi connectivity index (χ0) is 24.1. The Morgan fingerprint density at radius 3 is 2.53 bits per heavy atom. The van der Waals surface area contributed by atoms with Gasteiger partial charge in [-0.15, -0.1) is 0 Å². The second-order valence-electron chi connectivity index (χ2n) is 7.10. The van der Waals surface area contributed by atoms with Crippen molar-refractivity contribution in [3.05, 3.63) is 75.0 Å². The summed E-state index contributed by atoms with van der Waals surface area (Å²) in [6, 6.07) is 14.6. The summed E-state index contributed by atoms with van der Waals surface area (Å²) < 4.78 is 11.8. The van der Waals surface area contributed by atoms with Gasteiger partial charge in [0, 0.05) is 33.5 Å². The van der Waals surface area contributed by atoms with Crippen molar-refractivity contribution in [2.24, 2.45) is 0 Å². The number of amides is 1. The molecule has 0 atom stereocenters. The first-order valence-electron chi connectivity index (χ1n) is 10.4. The van der Waals surface area contributed by atoms with Crippen LogP contribution in [0.15, 0.2) is 63.6 Å². The maximum atomic E-state index is 12.5. The molecule has 2 heterocycles. The normalized spacial score (nSPS) is 10.8. The summed E-state index contributed by atoms with van der Waals surface area (Å²) in [7, 11) is 0. The molecule has 0 spiro atoms. The number of esters is 1. The van der Waals surface area contributed by atoms with Crippen LogP contribution in [0.4, 0.5) is 5.13 Å². The first-order valence-corrected chi connectivity index (χ1v) is 12.4. The van der Waals surface area contributed by atoms with Crippen molar-refractivity contribution in [1.29, 1.82) is 0 Å². The number of carbonyl (C=O) groups is 2. The van der Waals surface area contributed by atoms with Crippen LogP contribution in [0.2, 0.25) is 5.02 Å². The minimum absolute atomic E-state index is 0.141. The predicted molar refractivity (Wildman–Crippen MR) is 135 cm³/mol. The lowest BCUT2D eigenvalue weighted by Gasteiger charge is -2.02. The quantitative estimate of drug-likeness (QED) is 0.243. The Hall–Kier alpha value is -3.01. The highest BCUT2D eigenvalue weighted by atomic mass is 79.9. The lowest BCUT2D eigenvalue weighted by Crippen LogP contribution is -2.12. The van der Waals surface area contributed by atoms with E-state index in [9.17, 15) is 9.59 Å². The number of rotatable bonds is 8. The van der Waals surface area contributed by atoms with Crippen molar-refractivity contribution < 1.29 is 18.7 Å². The fourth-order valence-corrected chi connectivity index (χ4v) is 4.38. The summed E-state index contributed by atoms with van der Waals surface area (Å²) in [5.41, 5.74) is 2.06. The highest BCUT2D eigenvalue weighted by Gasteiger charge is 2.22. The highest BCUT2D eigenvalue weighted by molar-refractivity contribution is 9.10. The third-order valence-corrected chi connectivity index (χ3v) is 6.43. The molecule has 0 bridgehead atoms. The molecule has 4 aromatic rings. The van der Waals surface area contributed by atoms with E-state index in [0.29, 0.717) is 38.8 Å². The standard InChI is InChI=1S/C24H19BrClN3O4S/c1-2-32-23(31)22-21(15-3-7-16(25)8-4-15)29-24(34-22)28-19(30)11-12-20-27-13-18(33-20)14-5-9-17(26)10-6-14/h3-10,13H,2,11-12H2,1H3,(H,28,29,30). The number of aryl methyl sites for hydroxylation is 1. The van der Waals surface area contributed by atoms with E-state index >= 15 is 0 Å². The molecule has 0 aliphatic heterocycles. The van der Waals surface area contributed by atoms with Crippen LogP contribution < -0.4 is 5.32 Å². The van der Waals surface area contributed by atoms with Crippen LogP contribution in [0.5, 0.6) is 0 Å². The average molecular weight is 561 g/mol. The highest BCUT2D eigenvalue weighted by Crippen LogP contribution is 2.32. The molecule has 2 aromatic carbocycles. The second kappa shape index (κ2) is 10.9. The number of halogens is 2. The van der Waals surface area contributed by atoms with Crippen molar-refractivity contribution in [2.75, 3.05) is 11.9 Å². The number of ether oxygens (including phenoxy) is 1. The van der Waals surface area contributed by atoms with E-state index < -0.39 is 5.97 Å². The fourth-order valence-electron chi connectivity index (χ4n) is 3.09. The number of anilines is 1. The van der Waals surface area contributed by atoms with Gasteiger partial charge < -0.3 is 14.5 Å². The number of hydrogen-bond acceptors (Lipinski definition) is 7. The minimum Gasteiger partial charge on any atom is -0.462 e. The molecule has 0 aliphatic rings. The van der Waals surface area contributed by atoms with Gasteiger partial charge in [-0.1, -0.05) is 51.0 Å². The second-order valence-corrected chi connectivity index (χ2v) is 9.45. The number of aromatic nitrogens is 2. The smallest absolute Gasteiger partial charge is 0.350 e. The van der Waals surface area contributed by atoms with Gasteiger partial charge in [0.1, 0.15) is 4.88 Å². The molecule has 0 saturated heterocycles. The summed E-state index contributed by atoms with van der Waals surface area (Å²) in [6.07, 6.45) is 2.07. The summed E-state index contributed by atoms with van der Waals surface area (Å²) in [6.45, 7) is 1.98. The minimum atomic E-state index is -0.479. The number of oxazole rings is 1. The number of thiazole rings is 1. The van der Waals surface area contributed by atoms with Gasteiger partial charge in [-0.05, 0) is 43.3 Å². The van der Waals surface area contributed by atoms with Gasteiger partial charge in [-0.25, -0.2) is 14.8 Å². The van der Waals surface area contributed by atoms with Gasteiger partial charge in [-0.3, -0.25) is 4.79 Å². The maximum Gasteiger partial charge on any atom is 0.350 e. The topological polar surface area (TPSA) is 94.3 Å². The predicted octanol–water partition coefficient (Wildman–Crippen LogP) is 6.63. The van der Waals surface area contributed by atoms with Crippen molar-refractivity contribution in [3.8, 4) is 22.6 Å². The number of benzene rings is 2. The Kier molecular flexibility index (Phi) is 7.77. The number of carbonyl (C=O) groups excluding carboxylic acids is 2. The van der Waals surface area contributed by atoms with Crippen molar-refractivity contribution in [2.45, 2.75) is 19.8 Å². The van der Waals surface area contributed by atoms with Gasteiger partial charge >= 0.3 is 5.97 Å². The summed E-state index contributed by atoms with van der Waals surface area (Å²) in [5, 5.41) is 3.72. The average Bonchev–Trinajstić information content (AvgIpc) is 3.46. The van der Waals surface area contributed by atoms with E-state index in [1.165, 1.54) is 0 Å². The number of nitrogens with zero attached hydrogens (tertiary/aromatic N) is 2. The molecule has 0 saturated carbocycles. The molecule has 1 amide bonds. The van der Waals surface area contributed by atoms with E-state index in [4.69, 9.17) is 20.8 Å². The zero-order valence-electron chi connectivity index (χ0n) is 18.0. The van der Waals surface area contributed by atoms with Crippen molar-refractivity contribution in [3.63, 3.8) is 0 Å². The third kappa shape index (κ3) is 5.91. The largest absolute Gasteiger partial charge is 0.462 e. The van der Waals surface area contributed by atoms with Crippen LogP contribution in [0.1, 0.15) is 28.9 Å². The molecule has 34 heavy (non-hydrogen) atoms. The van der Waals surface area contributed by atoms with Crippen LogP contribution in [-0.2, 0) is 16.0 Å². The van der Waals surface area contributed by atoms with E-state index in [1.54, 1.807) is 25.3 Å². The molecule has 174 valence electrons. The maximum absolute atomic E-state index is 12.5. The van der Waals surface area contributed by atoms with Gasteiger partial charge in [0.2, 0.25) is 5.91 Å². The van der Waals surface area contributed by atoms with Gasteiger partial charge in [0.15, 0.2) is 16.8 Å². The lowest BCUT2D eigenvalue weighted by atomic mass is 10.1. The number of hydrogen-bond donors (Lipinski definition) is 1. The Labute approximate surface area is 213 Å². The molecule has 0 fully saturated rings. The van der Waals surface area contributed by atoms with Crippen LogP contribution in [0.25, 0.3) is 22.6 Å². The van der Waals surface area contributed by atoms with Crippen molar-refractivity contribution in [1.82, 2.24) is 9.97 Å². The Balaban J connectivity index is 1.43. The van der Waals surface area contributed by atoms with Crippen LogP contribution in [0.3, 0.4) is 0 Å². The molecule has 7 nitrogen and oxygen atoms in total. The summed E-state index contributed by atoms with van der Waals surface area (Å²) in [5.74, 6) is 0.304. The lowest BCUT2D eigenvalue weighted by molar-refractivity contribution is -0.116. The molecule has 1 N–H and O–H groups in total. The molecule has 0 unspecified atom stereocenters. The first-order chi connectivity index (χ1) is 16.4. The molecular formula is C24H19BrClN3O4S. The molecule has 2 aromatic heterocycles. The van der Waals surface area contributed by atoms with Gasteiger partial charge in [0.25, 0.3) is 0 Å². The van der Waals surface area contributed by atoms with Crippen LogP contribution in [0, 0.1) is 0 Å². The number of nitrogens with one attached hydrogen (secondary N) is 1. The van der Waals surface area contributed by atoms with E-state index in [0.717, 1.165) is 26.9 Å². The zero-order valence-corrected chi connectivity index (χ0v) is 21.2. The van der Waals surface area contributed by atoms with E-state index in [1.807, 2.05) is 36.4 Å². The van der Waals surface area contributed by atoms with E-state index in [2.05, 4.69) is 31.2 Å². The molecule has 10 heteroatoms. The van der Waals surface area contributed by atoms with Crippen LogP contribution in [-0.4, -0.2) is 28.5 Å². The SMILES string of the molecule is CCOC(=O)c1sc(NC(=O)CCc2ncc(-c3ccc(Cl)cc3)o2)nc1-c1ccc(Br)cc1. The van der Waals surface area contributed by atoms with Gasteiger partial charge in [0.05, 0.1) is 18.5 Å². The Morgan fingerprint density at radius 2 is 1.82 bits per heavy atom. The first kappa shape index (κ1) is 24.1. The van der Waals surface area contributed by atoms with Crippen molar-refractivity contribution >= 4 is 55.9 Å². The molecule has 0 aliphatic carbocycles. The Morgan fingerprint density at radius 1 is 1.12 bits per heavy atom. The summed E-state index contributed by atoms with van der Waals surface area (Å²) in [4.78, 5) is 34.1. The third-order valence-electron chi connectivity index (χ3n) is 4.70.